The number of carbonyl (C=O) groups is 1. The van der Waals surface area contributed by atoms with Crippen molar-refractivity contribution in [1.29, 1.82) is 0 Å². The molecule has 1 atom stereocenters. The minimum atomic E-state index is -0.115. The third-order valence-corrected chi connectivity index (χ3v) is 5.01. The van der Waals surface area contributed by atoms with Gasteiger partial charge in [-0.25, -0.2) is 4.79 Å². The maximum atomic E-state index is 12.4. The van der Waals surface area contributed by atoms with Crippen LogP contribution in [0.15, 0.2) is 60.2 Å². The zero-order valence-electron chi connectivity index (χ0n) is 13.7. The molecule has 0 aliphatic heterocycles. The van der Waals surface area contributed by atoms with Gasteiger partial charge in [-0.3, -0.25) is 4.68 Å². The summed E-state index contributed by atoms with van der Waals surface area (Å²) < 4.78 is 1.87. The maximum absolute atomic E-state index is 12.4. The van der Waals surface area contributed by atoms with E-state index < -0.39 is 0 Å². The van der Waals surface area contributed by atoms with Gasteiger partial charge in [-0.1, -0.05) is 18.2 Å². The number of hydrogen-bond donors (Lipinski definition) is 1. The van der Waals surface area contributed by atoms with Gasteiger partial charge in [-0.05, 0) is 42.1 Å². The summed E-state index contributed by atoms with van der Waals surface area (Å²) in [7, 11) is 1.81. The van der Waals surface area contributed by atoms with Gasteiger partial charge in [-0.15, -0.1) is 11.3 Å². The number of hydrogen-bond acceptors (Lipinski definition) is 3. The first kappa shape index (κ1) is 16.3. The second-order valence-corrected chi connectivity index (χ2v) is 6.61. The molecule has 3 rings (SSSR count). The predicted molar refractivity (Wildman–Crippen MR) is 97.3 cm³/mol. The fourth-order valence-corrected chi connectivity index (χ4v) is 3.21. The Hall–Kier alpha value is -2.60. The van der Waals surface area contributed by atoms with Gasteiger partial charge in [0.05, 0.1) is 12.6 Å². The summed E-state index contributed by atoms with van der Waals surface area (Å²) in [6.07, 6.45) is 3.69. The predicted octanol–water partition coefficient (Wildman–Crippen LogP) is 4.22. The molecule has 0 bridgehead atoms. The van der Waals surface area contributed by atoms with Crippen molar-refractivity contribution in [2.24, 2.45) is 0 Å². The molecule has 5 nitrogen and oxygen atoms in total. The first-order valence-corrected chi connectivity index (χ1v) is 8.65. The van der Waals surface area contributed by atoms with Crippen LogP contribution in [0.1, 0.15) is 23.4 Å². The van der Waals surface area contributed by atoms with Crippen molar-refractivity contribution in [3.05, 3.63) is 70.7 Å². The number of urea groups is 1. The lowest BCUT2D eigenvalue weighted by Crippen LogP contribution is -2.33. The van der Waals surface area contributed by atoms with Gasteiger partial charge in [-0.2, -0.15) is 5.10 Å². The second-order valence-electron chi connectivity index (χ2n) is 5.63. The van der Waals surface area contributed by atoms with Crippen LogP contribution in [0, 0.1) is 0 Å². The Morgan fingerprint density at radius 1 is 1.29 bits per heavy atom. The summed E-state index contributed by atoms with van der Waals surface area (Å²) in [4.78, 5) is 15.3. The van der Waals surface area contributed by atoms with Gasteiger partial charge in [0.15, 0.2) is 0 Å². The molecule has 1 unspecified atom stereocenters. The minimum Gasteiger partial charge on any atom is -0.320 e. The molecule has 0 saturated heterocycles. The van der Waals surface area contributed by atoms with Gasteiger partial charge in [0.2, 0.25) is 0 Å². The lowest BCUT2D eigenvalue weighted by molar-refractivity contribution is 0.209. The van der Waals surface area contributed by atoms with Crippen LogP contribution < -0.4 is 5.32 Å². The summed E-state index contributed by atoms with van der Waals surface area (Å²) in [5, 5.41) is 9.15. The van der Waals surface area contributed by atoms with E-state index in [0.29, 0.717) is 0 Å². The Morgan fingerprint density at radius 3 is 2.71 bits per heavy atom. The van der Waals surface area contributed by atoms with Crippen LogP contribution in [0.2, 0.25) is 0 Å². The normalized spacial score (nSPS) is 11.9. The first-order chi connectivity index (χ1) is 11.6. The highest BCUT2D eigenvalue weighted by Crippen LogP contribution is 2.24. The number of nitrogens with one attached hydrogen (secondary N) is 1. The molecular formula is C18H20N4OS. The van der Waals surface area contributed by atoms with E-state index >= 15 is 0 Å². The average Bonchev–Trinajstić information content (AvgIpc) is 3.28. The first-order valence-electron chi connectivity index (χ1n) is 7.77. The highest BCUT2D eigenvalue weighted by atomic mass is 32.1. The van der Waals surface area contributed by atoms with E-state index in [2.05, 4.69) is 10.4 Å². The summed E-state index contributed by atoms with van der Waals surface area (Å²) in [6.45, 7) is 2.75. The fraction of sp³-hybridized carbons (Fsp3) is 0.222. The monoisotopic (exact) mass is 340 g/mol. The van der Waals surface area contributed by atoms with E-state index in [1.54, 1.807) is 22.4 Å². The standard InChI is InChI=1S/C18H20N4OS/c1-14(17-5-3-12-24-17)21(2)18(23)20-16-8-6-15(7-9-16)13-22-11-4-10-19-22/h3-12,14H,13H2,1-2H3,(H,20,23). The zero-order valence-corrected chi connectivity index (χ0v) is 14.5. The highest BCUT2D eigenvalue weighted by Gasteiger charge is 2.18. The topological polar surface area (TPSA) is 50.2 Å². The second kappa shape index (κ2) is 7.31. The molecule has 2 aromatic heterocycles. The number of rotatable bonds is 5. The Balaban J connectivity index is 1.60. The minimum absolute atomic E-state index is 0.0455. The van der Waals surface area contributed by atoms with Gasteiger partial charge in [0.25, 0.3) is 0 Å². The summed E-state index contributed by atoms with van der Waals surface area (Å²) >= 11 is 1.66. The zero-order chi connectivity index (χ0) is 16.9. The number of nitrogens with zero attached hydrogens (tertiary/aromatic N) is 3. The van der Waals surface area contributed by atoms with Crippen molar-refractivity contribution in [2.75, 3.05) is 12.4 Å². The smallest absolute Gasteiger partial charge is 0.320 e. The molecule has 0 radical (unpaired) electrons. The molecule has 1 aromatic carbocycles. The van der Waals surface area contributed by atoms with Gasteiger partial charge < -0.3 is 10.2 Å². The third kappa shape index (κ3) is 3.83. The van der Waals surface area contributed by atoms with Gasteiger partial charge in [0, 0.05) is 30.0 Å². The highest BCUT2D eigenvalue weighted by molar-refractivity contribution is 7.10. The molecule has 2 heterocycles. The van der Waals surface area contributed by atoms with Crippen LogP contribution >= 0.6 is 11.3 Å². The number of aromatic nitrogens is 2. The van der Waals surface area contributed by atoms with E-state index in [9.17, 15) is 4.79 Å². The van der Waals surface area contributed by atoms with E-state index in [-0.39, 0.29) is 12.1 Å². The molecule has 0 fully saturated rings. The summed E-state index contributed by atoms with van der Waals surface area (Å²) in [6, 6.07) is 13.7. The number of amides is 2. The molecule has 0 aliphatic carbocycles. The Bertz CT molecular complexity index is 766. The Kier molecular flexibility index (Phi) is 4.96. The molecule has 0 aliphatic rings. The van der Waals surface area contributed by atoms with Crippen LogP contribution in [0.5, 0.6) is 0 Å². The van der Waals surface area contributed by atoms with E-state index in [1.165, 1.54) is 4.88 Å². The average molecular weight is 340 g/mol. The Labute approximate surface area is 145 Å². The molecule has 6 heteroatoms. The number of benzene rings is 1. The summed E-state index contributed by atoms with van der Waals surface area (Å²) in [5.74, 6) is 0. The van der Waals surface area contributed by atoms with E-state index in [4.69, 9.17) is 0 Å². The summed E-state index contributed by atoms with van der Waals surface area (Å²) in [5.41, 5.74) is 1.92. The van der Waals surface area contributed by atoms with Crippen molar-refractivity contribution in [2.45, 2.75) is 19.5 Å². The van der Waals surface area contributed by atoms with Crippen LogP contribution in [-0.4, -0.2) is 27.8 Å². The largest absolute Gasteiger partial charge is 0.322 e. The molecule has 124 valence electrons. The molecule has 0 spiro atoms. The van der Waals surface area contributed by atoms with Crippen LogP contribution in [0.25, 0.3) is 0 Å². The van der Waals surface area contributed by atoms with Crippen molar-refractivity contribution in [3.63, 3.8) is 0 Å². The molecule has 3 aromatic rings. The number of thiophene rings is 1. The molecule has 0 saturated carbocycles. The number of anilines is 1. The quantitative estimate of drug-likeness (QED) is 0.756. The van der Waals surface area contributed by atoms with Gasteiger partial charge >= 0.3 is 6.03 Å². The van der Waals surface area contributed by atoms with Crippen LogP contribution in [-0.2, 0) is 6.54 Å². The maximum Gasteiger partial charge on any atom is 0.322 e. The third-order valence-electron chi connectivity index (χ3n) is 3.97. The van der Waals surface area contributed by atoms with Crippen molar-refractivity contribution >= 4 is 23.1 Å². The van der Waals surface area contributed by atoms with E-state index in [0.717, 1.165) is 17.8 Å². The SMILES string of the molecule is CC(c1cccs1)N(C)C(=O)Nc1ccc(Cn2cccn2)cc1. The number of carbonyl (C=O) groups excluding carboxylic acids is 1. The fourth-order valence-electron chi connectivity index (χ4n) is 2.38. The van der Waals surface area contributed by atoms with Crippen molar-refractivity contribution < 1.29 is 4.79 Å². The van der Waals surface area contributed by atoms with Crippen LogP contribution in [0.4, 0.5) is 10.5 Å². The van der Waals surface area contributed by atoms with Gasteiger partial charge in [0.1, 0.15) is 0 Å². The molecular weight excluding hydrogens is 320 g/mol. The molecule has 24 heavy (non-hydrogen) atoms. The van der Waals surface area contributed by atoms with E-state index in [1.807, 2.05) is 72.7 Å². The van der Waals surface area contributed by atoms with Crippen molar-refractivity contribution in [3.8, 4) is 0 Å². The van der Waals surface area contributed by atoms with Crippen LogP contribution in [0.3, 0.4) is 0 Å². The Morgan fingerprint density at radius 2 is 2.08 bits per heavy atom. The van der Waals surface area contributed by atoms with Crippen molar-refractivity contribution in [1.82, 2.24) is 14.7 Å². The lowest BCUT2D eigenvalue weighted by atomic mass is 10.2. The molecule has 1 N–H and O–H groups in total. The molecule has 2 amide bonds. The lowest BCUT2D eigenvalue weighted by Gasteiger charge is -2.24.